The first-order valence-electron chi connectivity index (χ1n) is 6.91. The Morgan fingerprint density at radius 3 is 2.55 bits per heavy atom. The molecule has 20 heavy (non-hydrogen) atoms. The van der Waals surface area contributed by atoms with Gasteiger partial charge < -0.3 is 10.5 Å². The first-order chi connectivity index (χ1) is 9.47. The van der Waals surface area contributed by atoms with E-state index in [4.69, 9.17) is 10.5 Å². The van der Waals surface area contributed by atoms with Crippen molar-refractivity contribution in [3.05, 3.63) is 18.2 Å². The maximum atomic E-state index is 11.4. The first-order valence-corrected chi connectivity index (χ1v) is 8.81. The molecular weight excluding hydrogens is 276 g/mol. The highest BCUT2D eigenvalue weighted by Gasteiger charge is 2.12. The number of piperidine rings is 1. The van der Waals surface area contributed by atoms with E-state index >= 15 is 0 Å². The third-order valence-corrected chi connectivity index (χ3v) is 4.63. The van der Waals surface area contributed by atoms with Crippen molar-refractivity contribution in [1.29, 1.82) is 0 Å². The number of anilines is 1. The number of sulfone groups is 1. The minimum absolute atomic E-state index is 0.221. The molecule has 0 aromatic heterocycles. The van der Waals surface area contributed by atoms with E-state index in [1.165, 1.54) is 37.7 Å². The Morgan fingerprint density at radius 2 is 1.95 bits per heavy atom. The van der Waals surface area contributed by atoms with Gasteiger partial charge in [0, 0.05) is 12.8 Å². The fourth-order valence-electron chi connectivity index (χ4n) is 2.36. The standard InChI is InChI=1S/C14H22N2O3S/c1-20(17,18)12-5-6-14(13(15)11-12)19-10-9-16-7-3-2-4-8-16/h5-6,11H,2-4,7-10,15H2,1H3. The van der Waals surface area contributed by atoms with E-state index in [1.807, 2.05) is 0 Å². The summed E-state index contributed by atoms with van der Waals surface area (Å²) in [5.41, 5.74) is 6.20. The highest BCUT2D eigenvalue weighted by Crippen LogP contribution is 2.24. The normalized spacial score (nSPS) is 17.1. The molecule has 0 spiro atoms. The van der Waals surface area contributed by atoms with E-state index < -0.39 is 9.84 Å². The van der Waals surface area contributed by atoms with Gasteiger partial charge in [-0.15, -0.1) is 0 Å². The fraction of sp³-hybridized carbons (Fsp3) is 0.571. The number of hydrogen-bond acceptors (Lipinski definition) is 5. The zero-order chi connectivity index (χ0) is 14.6. The number of hydrogen-bond donors (Lipinski definition) is 1. The Kier molecular flexibility index (Phi) is 4.88. The molecule has 2 rings (SSSR count). The van der Waals surface area contributed by atoms with E-state index in [1.54, 1.807) is 6.07 Å². The monoisotopic (exact) mass is 298 g/mol. The summed E-state index contributed by atoms with van der Waals surface area (Å²) in [6.07, 6.45) is 4.99. The molecule has 1 aromatic rings. The van der Waals surface area contributed by atoms with Crippen LogP contribution in [0.15, 0.2) is 23.1 Å². The smallest absolute Gasteiger partial charge is 0.175 e. The van der Waals surface area contributed by atoms with Gasteiger partial charge >= 0.3 is 0 Å². The summed E-state index contributed by atoms with van der Waals surface area (Å²) in [6, 6.07) is 4.61. The molecule has 1 aliphatic heterocycles. The molecule has 2 N–H and O–H groups in total. The van der Waals surface area contributed by atoms with Crippen molar-refractivity contribution < 1.29 is 13.2 Å². The number of nitrogens with zero attached hydrogens (tertiary/aromatic N) is 1. The summed E-state index contributed by atoms with van der Waals surface area (Å²) >= 11 is 0. The van der Waals surface area contributed by atoms with E-state index in [9.17, 15) is 8.42 Å². The Morgan fingerprint density at radius 1 is 1.25 bits per heavy atom. The zero-order valence-electron chi connectivity index (χ0n) is 11.8. The SMILES string of the molecule is CS(=O)(=O)c1ccc(OCCN2CCCCC2)c(N)c1. The van der Waals surface area contributed by atoms with Crippen LogP contribution >= 0.6 is 0 Å². The minimum atomic E-state index is -3.22. The third-order valence-electron chi connectivity index (χ3n) is 3.52. The lowest BCUT2D eigenvalue weighted by Gasteiger charge is -2.26. The van der Waals surface area contributed by atoms with Crippen molar-refractivity contribution in [1.82, 2.24) is 4.90 Å². The predicted molar refractivity (Wildman–Crippen MR) is 79.8 cm³/mol. The summed E-state index contributed by atoms with van der Waals surface area (Å²) in [6.45, 7) is 3.72. The van der Waals surface area contributed by atoms with Crippen LogP contribution in [0.25, 0.3) is 0 Å². The topological polar surface area (TPSA) is 72.6 Å². The van der Waals surface area contributed by atoms with E-state index in [-0.39, 0.29) is 4.90 Å². The minimum Gasteiger partial charge on any atom is -0.490 e. The van der Waals surface area contributed by atoms with Crippen LogP contribution in [-0.2, 0) is 9.84 Å². The molecule has 0 bridgehead atoms. The van der Waals surface area contributed by atoms with Crippen molar-refractivity contribution in [2.45, 2.75) is 24.2 Å². The van der Waals surface area contributed by atoms with Gasteiger partial charge in [0.1, 0.15) is 12.4 Å². The quantitative estimate of drug-likeness (QED) is 0.835. The van der Waals surface area contributed by atoms with Crippen LogP contribution in [-0.4, -0.2) is 45.8 Å². The number of ether oxygens (including phenoxy) is 1. The summed E-state index contributed by atoms with van der Waals surface area (Å²) in [4.78, 5) is 2.60. The lowest BCUT2D eigenvalue weighted by molar-refractivity contribution is 0.184. The Balaban J connectivity index is 1.90. The number of benzene rings is 1. The van der Waals surface area contributed by atoms with Gasteiger partial charge in [-0.3, -0.25) is 4.90 Å². The molecule has 0 unspecified atom stereocenters. The summed E-state index contributed by atoms with van der Waals surface area (Å²) in [7, 11) is -3.22. The van der Waals surface area contributed by atoms with Crippen LogP contribution in [0.4, 0.5) is 5.69 Å². The molecule has 1 fully saturated rings. The molecule has 0 saturated carbocycles. The van der Waals surface area contributed by atoms with Crippen molar-refractivity contribution in [3.63, 3.8) is 0 Å². The van der Waals surface area contributed by atoms with E-state index in [2.05, 4.69) is 4.90 Å². The average Bonchev–Trinajstić information content (AvgIpc) is 2.40. The van der Waals surface area contributed by atoms with Gasteiger partial charge in [0.15, 0.2) is 9.84 Å². The Hall–Kier alpha value is -1.27. The van der Waals surface area contributed by atoms with E-state index in [0.29, 0.717) is 18.0 Å². The van der Waals surface area contributed by atoms with Gasteiger partial charge in [-0.25, -0.2) is 8.42 Å². The van der Waals surface area contributed by atoms with Crippen molar-refractivity contribution >= 4 is 15.5 Å². The molecule has 0 radical (unpaired) electrons. The van der Waals surface area contributed by atoms with Gasteiger partial charge in [-0.2, -0.15) is 0 Å². The Labute approximate surface area is 120 Å². The largest absolute Gasteiger partial charge is 0.490 e. The van der Waals surface area contributed by atoms with E-state index in [0.717, 1.165) is 19.6 Å². The van der Waals surface area contributed by atoms with Crippen LogP contribution in [0.3, 0.4) is 0 Å². The molecule has 1 aliphatic rings. The summed E-state index contributed by atoms with van der Waals surface area (Å²) in [5, 5.41) is 0. The second-order valence-corrected chi connectivity index (χ2v) is 7.24. The number of likely N-dealkylation sites (tertiary alicyclic amines) is 1. The van der Waals surface area contributed by atoms with Crippen LogP contribution in [0.2, 0.25) is 0 Å². The van der Waals surface area contributed by atoms with Crippen molar-refractivity contribution in [3.8, 4) is 5.75 Å². The fourth-order valence-corrected chi connectivity index (χ4v) is 3.01. The van der Waals surface area contributed by atoms with Gasteiger partial charge in [0.05, 0.1) is 10.6 Å². The second kappa shape index (κ2) is 6.45. The molecule has 5 nitrogen and oxygen atoms in total. The van der Waals surface area contributed by atoms with Gasteiger partial charge in [-0.05, 0) is 44.1 Å². The lowest BCUT2D eigenvalue weighted by atomic mass is 10.1. The van der Waals surface area contributed by atoms with Gasteiger partial charge in [0.2, 0.25) is 0 Å². The number of rotatable bonds is 5. The zero-order valence-corrected chi connectivity index (χ0v) is 12.7. The molecule has 0 aliphatic carbocycles. The predicted octanol–water partition coefficient (Wildman–Crippen LogP) is 1.54. The van der Waals surface area contributed by atoms with Crippen LogP contribution < -0.4 is 10.5 Å². The molecule has 1 heterocycles. The van der Waals surface area contributed by atoms with Crippen molar-refractivity contribution in [2.24, 2.45) is 0 Å². The third kappa shape index (κ3) is 4.11. The highest BCUT2D eigenvalue weighted by molar-refractivity contribution is 7.90. The van der Waals surface area contributed by atoms with Gasteiger partial charge in [-0.1, -0.05) is 6.42 Å². The molecule has 112 valence electrons. The maximum absolute atomic E-state index is 11.4. The Bertz CT molecular complexity index is 552. The molecule has 0 atom stereocenters. The van der Waals surface area contributed by atoms with Crippen LogP contribution in [0.1, 0.15) is 19.3 Å². The van der Waals surface area contributed by atoms with Crippen LogP contribution in [0.5, 0.6) is 5.75 Å². The highest BCUT2D eigenvalue weighted by atomic mass is 32.2. The van der Waals surface area contributed by atoms with Crippen molar-refractivity contribution in [2.75, 3.05) is 38.2 Å². The van der Waals surface area contributed by atoms with Crippen LogP contribution in [0, 0.1) is 0 Å². The molecule has 6 heteroatoms. The lowest BCUT2D eigenvalue weighted by Crippen LogP contribution is -2.33. The molecule has 1 aromatic carbocycles. The number of nitrogens with two attached hydrogens (primary N) is 1. The summed E-state index contributed by atoms with van der Waals surface area (Å²) in [5.74, 6) is 0.550. The average molecular weight is 298 g/mol. The maximum Gasteiger partial charge on any atom is 0.175 e. The first kappa shape index (κ1) is 15.1. The molecule has 1 saturated heterocycles. The molecule has 0 amide bonds. The number of nitrogen functional groups attached to an aromatic ring is 1. The summed E-state index contributed by atoms with van der Waals surface area (Å²) < 4.78 is 28.5. The second-order valence-electron chi connectivity index (χ2n) is 5.22. The molecular formula is C14H22N2O3S. The van der Waals surface area contributed by atoms with Gasteiger partial charge in [0.25, 0.3) is 0 Å².